The van der Waals surface area contributed by atoms with E-state index in [1.165, 1.54) is 14.2 Å². The number of aromatic amines is 1. The summed E-state index contributed by atoms with van der Waals surface area (Å²) in [7, 11) is -0.337. The van der Waals surface area contributed by atoms with Crippen molar-refractivity contribution in [1.82, 2.24) is 4.98 Å². The molecule has 0 aliphatic heterocycles. The first-order valence-electron chi connectivity index (χ1n) is 3.08. The van der Waals surface area contributed by atoms with Crippen LogP contribution in [0.1, 0.15) is 0 Å². The highest BCUT2D eigenvalue weighted by Crippen LogP contribution is 2.44. The summed E-state index contributed by atoms with van der Waals surface area (Å²) in [5.41, 5.74) is 0.475. The van der Waals surface area contributed by atoms with E-state index in [2.05, 4.69) is 4.98 Å². The molecule has 4 nitrogen and oxygen atoms in total. The van der Waals surface area contributed by atoms with Gasteiger partial charge in [0.1, 0.15) is 5.44 Å². The summed E-state index contributed by atoms with van der Waals surface area (Å²) in [6.45, 7) is 0. The molecule has 1 rings (SSSR count). The quantitative estimate of drug-likeness (QED) is 0.700. The molecular formula is C6H10NO3P. The van der Waals surface area contributed by atoms with E-state index in [0.717, 1.165) is 0 Å². The van der Waals surface area contributed by atoms with Crippen LogP contribution in [0.3, 0.4) is 0 Å². The largest absolute Gasteiger partial charge is 0.376 e. The minimum Gasteiger partial charge on any atom is -0.355 e. The van der Waals surface area contributed by atoms with Gasteiger partial charge in [-0.05, 0) is 12.1 Å². The standard InChI is InChI=1S/C6H10NO3P/c1-9-11(8,10-2)6-4-3-5-7-6/h3-5,7H,1-2H3. The molecule has 0 atom stereocenters. The first-order valence-corrected chi connectivity index (χ1v) is 4.62. The van der Waals surface area contributed by atoms with Crippen LogP contribution in [0.2, 0.25) is 0 Å². The molecule has 0 aliphatic carbocycles. The van der Waals surface area contributed by atoms with Gasteiger partial charge in [-0.2, -0.15) is 0 Å². The molecule has 1 aromatic rings. The second-order valence-corrected chi connectivity index (χ2v) is 4.13. The van der Waals surface area contributed by atoms with E-state index in [1.807, 2.05) is 0 Å². The lowest BCUT2D eigenvalue weighted by atomic mass is 10.7. The van der Waals surface area contributed by atoms with Crippen molar-refractivity contribution in [2.24, 2.45) is 0 Å². The fourth-order valence-corrected chi connectivity index (χ4v) is 1.81. The molecule has 62 valence electrons. The molecule has 0 unspecified atom stereocenters. The molecule has 1 N–H and O–H groups in total. The predicted octanol–water partition coefficient (Wildman–Crippen LogP) is 1.13. The molecular weight excluding hydrogens is 165 g/mol. The molecule has 0 bridgehead atoms. The molecule has 1 heterocycles. The zero-order valence-corrected chi connectivity index (χ0v) is 7.30. The minimum atomic E-state index is -3.04. The monoisotopic (exact) mass is 175 g/mol. The number of rotatable bonds is 3. The maximum Gasteiger partial charge on any atom is 0.376 e. The summed E-state index contributed by atoms with van der Waals surface area (Å²) in [6.07, 6.45) is 1.67. The Morgan fingerprint density at radius 1 is 1.45 bits per heavy atom. The topological polar surface area (TPSA) is 51.3 Å². The van der Waals surface area contributed by atoms with Gasteiger partial charge in [-0.3, -0.25) is 4.57 Å². The number of H-pyrrole nitrogens is 1. The van der Waals surface area contributed by atoms with Gasteiger partial charge in [-0.25, -0.2) is 0 Å². The van der Waals surface area contributed by atoms with E-state index in [4.69, 9.17) is 9.05 Å². The minimum absolute atomic E-state index is 0.475. The first-order chi connectivity index (χ1) is 5.23. The maximum atomic E-state index is 11.5. The van der Waals surface area contributed by atoms with Crippen molar-refractivity contribution in [3.8, 4) is 0 Å². The molecule has 0 spiro atoms. The average Bonchev–Trinajstić information content (AvgIpc) is 2.55. The Labute approximate surface area is 65.1 Å². The van der Waals surface area contributed by atoms with Crippen molar-refractivity contribution < 1.29 is 13.6 Å². The number of aromatic nitrogens is 1. The van der Waals surface area contributed by atoms with Crippen molar-refractivity contribution in [2.45, 2.75) is 0 Å². The Morgan fingerprint density at radius 3 is 2.45 bits per heavy atom. The number of hydrogen-bond donors (Lipinski definition) is 1. The van der Waals surface area contributed by atoms with Gasteiger partial charge < -0.3 is 14.0 Å². The van der Waals surface area contributed by atoms with Crippen LogP contribution in [0.15, 0.2) is 18.3 Å². The normalized spacial score (nSPS) is 11.8. The summed E-state index contributed by atoms with van der Waals surface area (Å²) in [5, 5.41) is 0. The smallest absolute Gasteiger partial charge is 0.355 e. The number of nitrogens with one attached hydrogen (secondary N) is 1. The van der Waals surface area contributed by atoms with Gasteiger partial charge >= 0.3 is 7.60 Å². The summed E-state index contributed by atoms with van der Waals surface area (Å²) in [6, 6.07) is 3.40. The van der Waals surface area contributed by atoms with Crippen LogP contribution in [0.5, 0.6) is 0 Å². The van der Waals surface area contributed by atoms with Crippen molar-refractivity contribution in [3.63, 3.8) is 0 Å². The van der Waals surface area contributed by atoms with E-state index in [1.54, 1.807) is 18.3 Å². The van der Waals surface area contributed by atoms with Gasteiger partial charge in [0.05, 0.1) is 0 Å². The molecule has 0 saturated heterocycles. The summed E-state index contributed by atoms with van der Waals surface area (Å²) in [5.74, 6) is 0. The molecule has 0 amide bonds. The van der Waals surface area contributed by atoms with E-state index in [9.17, 15) is 4.57 Å². The van der Waals surface area contributed by atoms with Crippen LogP contribution in [0.4, 0.5) is 0 Å². The fourth-order valence-electron chi connectivity index (χ4n) is 0.762. The van der Waals surface area contributed by atoms with Crippen LogP contribution in [0, 0.1) is 0 Å². The summed E-state index contributed by atoms with van der Waals surface area (Å²) in [4.78, 5) is 2.77. The zero-order chi connectivity index (χ0) is 8.32. The van der Waals surface area contributed by atoms with Crippen molar-refractivity contribution in [1.29, 1.82) is 0 Å². The van der Waals surface area contributed by atoms with Gasteiger partial charge in [0.2, 0.25) is 0 Å². The molecule has 0 aliphatic rings. The zero-order valence-electron chi connectivity index (χ0n) is 6.40. The lowest BCUT2D eigenvalue weighted by molar-refractivity contribution is 0.286. The van der Waals surface area contributed by atoms with Crippen molar-refractivity contribution in [2.75, 3.05) is 14.2 Å². The molecule has 1 aromatic heterocycles. The Morgan fingerprint density at radius 2 is 2.09 bits per heavy atom. The Hall–Kier alpha value is -0.570. The third kappa shape index (κ3) is 1.53. The highest BCUT2D eigenvalue weighted by molar-refractivity contribution is 7.61. The van der Waals surface area contributed by atoms with E-state index in [0.29, 0.717) is 5.44 Å². The first kappa shape index (κ1) is 8.53. The van der Waals surface area contributed by atoms with Gasteiger partial charge in [-0.15, -0.1) is 0 Å². The van der Waals surface area contributed by atoms with Crippen LogP contribution in [-0.2, 0) is 13.6 Å². The van der Waals surface area contributed by atoms with Crippen LogP contribution in [-0.4, -0.2) is 19.2 Å². The lowest BCUT2D eigenvalue weighted by Gasteiger charge is -2.10. The van der Waals surface area contributed by atoms with Gasteiger partial charge in [0.25, 0.3) is 0 Å². The third-order valence-corrected chi connectivity index (χ3v) is 3.19. The lowest BCUT2D eigenvalue weighted by Crippen LogP contribution is -2.07. The van der Waals surface area contributed by atoms with Gasteiger partial charge in [0.15, 0.2) is 0 Å². The van der Waals surface area contributed by atoms with Crippen LogP contribution >= 0.6 is 7.60 Å². The molecule has 5 heteroatoms. The Bertz CT molecular complexity index is 249. The molecule has 0 saturated carbocycles. The molecule has 0 aromatic carbocycles. The average molecular weight is 175 g/mol. The predicted molar refractivity (Wildman–Crippen MR) is 42.1 cm³/mol. The SMILES string of the molecule is COP(=O)(OC)c1ccc[nH]1. The summed E-state index contributed by atoms with van der Waals surface area (Å²) >= 11 is 0. The number of hydrogen-bond acceptors (Lipinski definition) is 3. The Kier molecular flexibility index (Phi) is 2.49. The maximum absolute atomic E-state index is 11.5. The molecule has 0 fully saturated rings. The second-order valence-electron chi connectivity index (χ2n) is 1.92. The van der Waals surface area contributed by atoms with Gasteiger partial charge in [-0.1, -0.05) is 0 Å². The fraction of sp³-hybridized carbons (Fsp3) is 0.333. The molecule has 11 heavy (non-hydrogen) atoms. The summed E-state index contributed by atoms with van der Waals surface area (Å²) < 4.78 is 21.0. The van der Waals surface area contributed by atoms with Crippen molar-refractivity contribution >= 4 is 13.0 Å². The van der Waals surface area contributed by atoms with E-state index < -0.39 is 7.60 Å². The van der Waals surface area contributed by atoms with Crippen molar-refractivity contribution in [3.05, 3.63) is 18.3 Å². The van der Waals surface area contributed by atoms with Gasteiger partial charge in [0, 0.05) is 20.4 Å². The molecule has 0 radical (unpaired) electrons. The van der Waals surface area contributed by atoms with Crippen LogP contribution < -0.4 is 5.44 Å². The second kappa shape index (κ2) is 3.22. The highest BCUT2D eigenvalue weighted by Gasteiger charge is 2.24. The van der Waals surface area contributed by atoms with E-state index >= 15 is 0 Å². The van der Waals surface area contributed by atoms with E-state index in [-0.39, 0.29) is 0 Å². The highest BCUT2D eigenvalue weighted by atomic mass is 31.2. The Balaban J connectivity index is 2.97. The third-order valence-electron chi connectivity index (χ3n) is 1.36. The van der Waals surface area contributed by atoms with Crippen LogP contribution in [0.25, 0.3) is 0 Å².